The summed E-state index contributed by atoms with van der Waals surface area (Å²) in [6, 6.07) is 13.2. The molecule has 0 atom stereocenters. The molecule has 2 aromatic rings. The van der Waals surface area contributed by atoms with Crippen molar-refractivity contribution >= 4 is 0 Å². The minimum absolute atomic E-state index is 0.0424. The van der Waals surface area contributed by atoms with Gasteiger partial charge in [-0.2, -0.15) is 0 Å². The molecule has 0 unspecified atom stereocenters. The van der Waals surface area contributed by atoms with Crippen molar-refractivity contribution in [3.05, 3.63) is 48.5 Å². The van der Waals surface area contributed by atoms with Crippen LogP contribution in [0.25, 0.3) is 0 Å². The summed E-state index contributed by atoms with van der Waals surface area (Å²) < 4.78 is 9.59. The first-order chi connectivity index (χ1) is 8.69. The third-order valence-electron chi connectivity index (χ3n) is 1.95. The van der Waals surface area contributed by atoms with Gasteiger partial charge in [0, 0.05) is 14.2 Å². The molecule has 0 bridgehead atoms. The molecule has 0 amide bonds. The summed E-state index contributed by atoms with van der Waals surface area (Å²) >= 11 is 0. The van der Waals surface area contributed by atoms with Crippen LogP contribution >= 0.6 is 0 Å². The minimum atomic E-state index is 0.0424. The molecule has 2 rings (SSSR count). The molecule has 0 saturated heterocycles. The highest BCUT2D eigenvalue weighted by molar-refractivity contribution is 5.45. The van der Waals surface area contributed by atoms with Gasteiger partial charge in [-0.05, 0) is 24.3 Å². The van der Waals surface area contributed by atoms with Crippen molar-refractivity contribution in [1.82, 2.24) is 0 Å². The number of benzene rings is 2. The number of rotatable bonds is 2. The predicted molar refractivity (Wildman–Crippen MR) is 69.2 cm³/mol. The Labute approximate surface area is 106 Å². The maximum Gasteiger partial charge on any atom is 0.169 e. The van der Waals surface area contributed by atoms with E-state index in [-0.39, 0.29) is 11.5 Å². The second-order valence-corrected chi connectivity index (χ2v) is 3.45. The summed E-state index contributed by atoms with van der Waals surface area (Å²) in [6.07, 6.45) is 0. The smallest absolute Gasteiger partial charge is 0.169 e. The Morgan fingerprint density at radius 3 is 1.39 bits per heavy atom. The summed E-state index contributed by atoms with van der Waals surface area (Å²) in [5.74, 6) is 0.722. The molecule has 0 aromatic heterocycles. The topological polar surface area (TPSA) is 58.9 Å². The van der Waals surface area contributed by atoms with E-state index in [2.05, 4.69) is 4.74 Å². The molecule has 0 heterocycles. The molecule has 0 aliphatic carbocycles. The summed E-state index contributed by atoms with van der Waals surface area (Å²) in [5.41, 5.74) is 0. The zero-order valence-corrected chi connectivity index (χ0v) is 10.3. The third-order valence-corrected chi connectivity index (χ3v) is 1.95. The minimum Gasteiger partial charge on any atom is -0.504 e. The lowest BCUT2D eigenvalue weighted by molar-refractivity contribution is 0.277. The fourth-order valence-electron chi connectivity index (χ4n) is 1.21. The highest BCUT2D eigenvalue weighted by atomic mass is 16.5. The average molecular weight is 248 g/mol. The number of phenolic OH excluding ortho intramolecular Hbond substituents is 2. The molecule has 0 spiro atoms. The van der Waals surface area contributed by atoms with Crippen LogP contribution in [0.3, 0.4) is 0 Å². The molecule has 4 heteroatoms. The van der Waals surface area contributed by atoms with E-state index in [1.807, 2.05) is 0 Å². The fourth-order valence-corrected chi connectivity index (χ4v) is 1.21. The van der Waals surface area contributed by atoms with Crippen molar-refractivity contribution in [3.8, 4) is 23.0 Å². The number of phenols is 2. The Hall–Kier alpha value is -2.20. The lowest BCUT2D eigenvalue weighted by atomic mass is 10.3. The van der Waals surface area contributed by atoms with Crippen LogP contribution in [0, 0.1) is 0 Å². The number of hydrogen-bond acceptors (Lipinski definition) is 4. The highest BCUT2D eigenvalue weighted by Crippen LogP contribution is 2.34. The zero-order chi connectivity index (χ0) is 13.4. The van der Waals surface area contributed by atoms with Gasteiger partial charge in [-0.1, -0.05) is 24.3 Å². The number of ether oxygens (including phenoxy) is 2. The molecule has 2 aromatic carbocycles. The first-order valence-corrected chi connectivity index (χ1v) is 5.33. The maximum atomic E-state index is 9.46. The van der Waals surface area contributed by atoms with Gasteiger partial charge >= 0.3 is 0 Å². The van der Waals surface area contributed by atoms with Crippen LogP contribution in [-0.2, 0) is 4.74 Å². The van der Waals surface area contributed by atoms with Gasteiger partial charge in [-0.15, -0.1) is 0 Å². The second kappa shape index (κ2) is 7.19. The Morgan fingerprint density at radius 2 is 1.06 bits per heavy atom. The maximum absolute atomic E-state index is 9.46. The molecule has 0 aliphatic rings. The van der Waals surface area contributed by atoms with Gasteiger partial charge in [0.1, 0.15) is 0 Å². The average Bonchev–Trinajstić information content (AvgIpc) is 2.36. The van der Waals surface area contributed by atoms with E-state index in [0.717, 1.165) is 0 Å². The van der Waals surface area contributed by atoms with E-state index in [0.29, 0.717) is 11.5 Å². The van der Waals surface area contributed by atoms with E-state index in [1.54, 1.807) is 50.6 Å². The molecular formula is C14H16O4. The monoisotopic (exact) mass is 248 g/mol. The lowest BCUT2D eigenvalue weighted by Crippen LogP contribution is -1.84. The molecular weight excluding hydrogens is 232 g/mol. The van der Waals surface area contributed by atoms with Crippen molar-refractivity contribution in [1.29, 1.82) is 0 Å². The molecule has 18 heavy (non-hydrogen) atoms. The first kappa shape index (κ1) is 13.9. The Kier molecular flexibility index (Phi) is 5.54. The molecule has 0 fully saturated rings. The zero-order valence-electron chi connectivity index (χ0n) is 10.3. The van der Waals surface area contributed by atoms with Crippen molar-refractivity contribution in [2.45, 2.75) is 0 Å². The van der Waals surface area contributed by atoms with Crippen molar-refractivity contribution < 1.29 is 19.7 Å². The third kappa shape index (κ3) is 3.99. The van der Waals surface area contributed by atoms with Gasteiger partial charge < -0.3 is 19.7 Å². The largest absolute Gasteiger partial charge is 0.504 e. The second-order valence-electron chi connectivity index (χ2n) is 3.45. The summed E-state index contributed by atoms with van der Waals surface area (Å²) in [6.45, 7) is 0. The summed E-state index contributed by atoms with van der Waals surface area (Å²) in [7, 11) is 3.25. The van der Waals surface area contributed by atoms with Gasteiger partial charge in [-0.25, -0.2) is 0 Å². The lowest BCUT2D eigenvalue weighted by Gasteiger charge is -2.08. The van der Waals surface area contributed by atoms with E-state index in [4.69, 9.17) is 4.74 Å². The van der Waals surface area contributed by atoms with Crippen LogP contribution in [0.2, 0.25) is 0 Å². The van der Waals surface area contributed by atoms with Crippen LogP contribution in [0.15, 0.2) is 48.5 Å². The van der Waals surface area contributed by atoms with Gasteiger partial charge in [0.25, 0.3) is 0 Å². The van der Waals surface area contributed by atoms with Crippen LogP contribution < -0.4 is 4.74 Å². The number of methoxy groups -OCH3 is 1. The first-order valence-electron chi connectivity index (χ1n) is 5.33. The van der Waals surface area contributed by atoms with Gasteiger partial charge in [0.15, 0.2) is 23.0 Å². The number of aromatic hydroxyl groups is 2. The standard InChI is InChI=1S/C12H10O3.C2H6O/c13-9-5-1-3-7-11(9)15-12-8-4-2-6-10(12)14;1-3-2/h1-8,13-14H;1-2H3. The number of hydrogen-bond donors (Lipinski definition) is 2. The number of para-hydroxylation sites is 4. The van der Waals surface area contributed by atoms with E-state index < -0.39 is 0 Å². The van der Waals surface area contributed by atoms with Crippen molar-refractivity contribution in [2.24, 2.45) is 0 Å². The molecule has 0 saturated carbocycles. The van der Waals surface area contributed by atoms with E-state index in [1.165, 1.54) is 12.1 Å². The molecule has 4 nitrogen and oxygen atoms in total. The Morgan fingerprint density at radius 1 is 0.722 bits per heavy atom. The molecule has 0 aliphatic heterocycles. The van der Waals surface area contributed by atoms with Gasteiger partial charge in [0.05, 0.1) is 0 Å². The fraction of sp³-hybridized carbons (Fsp3) is 0.143. The SMILES string of the molecule is COC.Oc1ccccc1Oc1ccccc1O. The van der Waals surface area contributed by atoms with Crippen LogP contribution in [0.1, 0.15) is 0 Å². The van der Waals surface area contributed by atoms with Crippen molar-refractivity contribution in [2.75, 3.05) is 14.2 Å². The normalized spacial score (nSPS) is 9.22. The summed E-state index contributed by atoms with van der Waals surface area (Å²) in [4.78, 5) is 0. The quantitative estimate of drug-likeness (QED) is 0.857. The van der Waals surface area contributed by atoms with Crippen molar-refractivity contribution in [3.63, 3.8) is 0 Å². The predicted octanol–water partition coefficient (Wildman–Crippen LogP) is 3.15. The van der Waals surface area contributed by atoms with E-state index >= 15 is 0 Å². The summed E-state index contributed by atoms with van der Waals surface area (Å²) in [5, 5.41) is 18.9. The van der Waals surface area contributed by atoms with Gasteiger partial charge in [-0.3, -0.25) is 0 Å². The molecule has 2 N–H and O–H groups in total. The van der Waals surface area contributed by atoms with Crippen LogP contribution in [0.4, 0.5) is 0 Å². The molecule has 96 valence electrons. The Balaban J connectivity index is 0.000000492. The Bertz CT molecular complexity index is 439. The van der Waals surface area contributed by atoms with Crippen LogP contribution in [-0.4, -0.2) is 24.4 Å². The highest BCUT2D eigenvalue weighted by Gasteiger charge is 2.05. The van der Waals surface area contributed by atoms with E-state index in [9.17, 15) is 10.2 Å². The van der Waals surface area contributed by atoms with Crippen LogP contribution in [0.5, 0.6) is 23.0 Å². The molecule has 0 radical (unpaired) electrons. The van der Waals surface area contributed by atoms with Gasteiger partial charge in [0.2, 0.25) is 0 Å².